The van der Waals surface area contributed by atoms with Crippen molar-refractivity contribution in [3.05, 3.63) is 35.9 Å². The number of nitrogens with zero attached hydrogens (tertiary/aromatic N) is 5. The van der Waals surface area contributed by atoms with Gasteiger partial charge in [0.1, 0.15) is 21.7 Å². The van der Waals surface area contributed by atoms with Crippen molar-refractivity contribution in [3.8, 4) is 11.5 Å². The van der Waals surface area contributed by atoms with Gasteiger partial charge >= 0.3 is 0 Å². The molecule has 1 N–H and O–H groups in total. The van der Waals surface area contributed by atoms with Gasteiger partial charge in [-0.2, -0.15) is 13.7 Å². The second kappa shape index (κ2) is 5.98. The molecule has 0 bridgehead atoms. The van der Waals surface area contributed by atoms with E-state index in [0.717, 1.165) is 11.7 Å². The summed E-state index contributed by atoms with van der Waals surface area (Å²) in [6, 6.07) is 6.41. The van der Waals surface area contributed by atoms with Crippen LogP contribution in [0.15, 0.2) is 38.2 Å². The minimum absolute atomic E-state index is 0.0469. The SMILES string of the molecule is Cc1cc(-c2noc(CNS(=O)(=O)c3cccc4nsnc34)n2)no1. The van der Waals surface area contributed by atoms with Crippen LogP contribution in [-0.4, -0.2) is 32.5 Å². The van der Waals surface area contributed by atoms with Crippen molar-refractivity contribution in [3.63, 3.8) is 0 Å². The van der Waals surface area contributed by atoms with Crippen molar-refractivity contribution < 1.29 is 17.5 Å². The molecule has 0 saturated heterocycles. The summed E-state index contributed by atoms with van der Waals surface area (Å²) in [5.41, 5.74) is 1.26. The van der Waals surface area contributed by atoms with Crippen LogP contribution in [-0.2, 0) is 16.6 Å². The molecule has 4 rings (SSSR count). The first kappa shape index (κ1) is 15.8. The van der Waals surface area contributed by atoms with E-state index in [1.807, 2.05) is 0 Å². The summed E-state index contributed by atoms with van der Waals surface area (Å²) >= 11 is 0.952. The molecule has 4 aromatic rings. The van der Waals surface area contributed by atoms with Crippen molar-refractivity contribution in [2.24, 2.45) is 0 Å². The predicted octanol–water partition coefficient (Wildman–Crippen LogP) is 1.52. The summed E-state index contributed by atoms with van der Waals surface area (Å²) in [5, 5.41) is 7.52. The highest BCUT2D eigenvalue weighted by atomic mass is 32.2. The number of fused-ring (bicyclic) bond motifs is 1. The lowest BCUT2D eigenvalue weighted by Crippen LogP contribution is -2.23. The van der Waals surface area contributed by atoms with E-state index in [1.165, 1.54) is 6.07 Å². The zero-order chi connectivity index (χ0) is 17.4. The number of rotatable bonds is 5. The topological polar surface area (TPSA) is 137 Å². The molecule has 3 aromatic heterocycles. The van der Waals surface area contributed by atoms with Crippen LogP contribution in [0.25, 0.3) is 22.6 Å². The largest absolute Gasteiger partial charge is 0.361 e. The van der Waals surface area contributed by atoms with Gasteiger partial charge in [0.2, 0.25) is 21.7 Å². The lowest BCUT2D eigenvalue weighted by Gasteiger charge is -2.04. The van der Waals surface area contributed by atoms with E-state index < -0.39 is 10.0 Å². The predicted molar refractivity (Wildman–Crippen MR) is 86.0 cm³/mol. The first-order valence-electron chi connectivity index (χ1n) is 7.00. The highest BCUT2D eigenvalue weighted by Crippen LogP contribution is 2.21. The number of nitrogens with one attached hydrogen (secondary N) is 1. The average molecular weight is 378 g/mol. The van der Waals surface area contributed by atoms with Gasteiger partial charge in [0, 0.05) is 6.07 Å². The minimum Gasteiger partial charge on any atom is -0.361 e. The molecule has 0 aliphatic carbocycles. The Balaban J connectivity index is 1.55. The summed E-state index contributed by atoms with van der Waals surface area (Å²) in [5.74, 6) is 0.923. The van der Waals surface area contributed by atoms with Crippen molar-refractivity contribution in [1.29, 1.82) is 0 Å². The molecule has 0 aliphatic rings. The Morgan fingerprint density at radius 3 is 2.88 bits per heavy atom. The van der Waals surface area contributed by atoms with Crippen LogP contribution in [0.5, 0.6) is 0 Å². The molecule has 0 amide bonds. The fourth-order valence-corrected chi connectivity index (χ4v) is 3.87. The third kappa shape index (κ3) is 3.01. The number of hydrogen-bond acceptors (Lipinski definition) is 10. The molecule has 0 atom stereocenters. The molecule has 1 aromatic carbocycles. The van der Waals surface area contributed by atoms with Gasteiger partial charge < -0.3 is 9.05 Å². The summed E-state index contributed by atoms with van der Waals surface area (Å²) in [7, 11) is -3.81. The Morgan fingerprint density at radius 2 is 2.08 bits per heavy atom. The number of sulfonamides is 1. The van der Waals surface area contributed by atoms with Crippen molar-refractivity contribution in [1.82, 2.24) is 28.8 Å². The molecule has 0 spiro atoms. The molecule has 0 radical (unpaired) electrons. The van der Waals surface area contributed by atoms with Crippen molar-refractivity contribution in [2.45, 2.75) is 18.4 Å². The molecule has 0 unspecified atom stereocenters. The van der Waals surface area contributed by atoms with Gasteiger partial charge in [0.15, 0.2) is 5.69 Å². The van der Waals surface area contributed by atoms with E-state index in [9.17, 15) is 8.42 Å². The fourth-order valence-electron chi connectivity index (χ4n) is 2.14. The Morgan fingerprint density at radius 1 is 1.20 bits per heavy atom. The van der Waals surface area contributed by atoms with Gasteiger partial charge in [0.25, 0.3) is 0 Å². The lowest BCUT2D eigenvalue weighted by molar-refractivity contribution is 0.374. The number of hydrogen-bond donors (Lipinski definition) is 1. The first-order valence-corrected chi connectivity index (χ1v) is 9.21. The molecule has 0 fully saturated rings. The molecular formula is C13H10N6O4S2. The Hall–Kier alpha value is -2.70. The average Bonchev–Trinajstić information content (AvgIpc) is 3.32. The van der Waals surface area contributed by atoms with Crippen LogP contribution in [0.4, 0.5) is 0 Å². The van der Waals surface area contributed by atoms with E-state index in [-0.39, 0.29) is 23.2 Å². The number of benzene rings is 1. The Bertz CT molecular complexity index is 1150. The van der Waals surface area contributed by atoms with Crippen molar-refractivity contribution in [2.75, 3.05) is 0 Å². The van der Waals surface area contributed by atoms with E-state index in [4.69, 9.17) is 9.05 Å². The first-order chi connectivity index (χ1) is 12.0. The van der Waals surface area contributed by atoms with Gasteiger partial charge in [-0.05, 0) is 19.1 Å². The van der Waals surface area contributed by atoms with Crippen LogP contribution in [0, 0.1) is 6.92 Å². The van der Waals surface area contributed by atoms with Gasteiger partial charge in [-0.25, -0.2) is 13.1 Å². The van der Waals surface area contributed by atoms with E-state index >= 15 is 0 Å². The molecule has 128 valence electrons. The van der Waals surface area contributed by atoms with Gasteiger partial charge in [0.05, 0.1) is 18.3 Å². The Labute approximate surface area is 145 Å². The maximum atomic E-state index is 12.5. The highest BCUT2D eigenvalue weighted by molar-refractivity contribution is 7.89. The second-order valence-corrected chi connectivity index (χ2v) is 7.31. The van der Waals surface area contributed by atoms with Crippen LogP contribution >= 0.6 is 11.7 Å². The Kier molecular flexibility index (Phi) is 3.78. The van der Waals surface area contributed by atoms with Crippen LogP contribution < -0.4 is 4.72 Å². The standard InChI is InChI=1S/C13H10N6O4S2/c1-7-5-9(16-22-7)13-15-11(23-17-13)6-14-25(20,21)10-4-2-3-8-12(10)19-24-18-8/h2-5,14H,6H2,1H3. The van der Waals surface area contributed by atoms with Crippen LogP contribution in [0.3, 0.4) is 0 Å². The third-order valence-corrected chi connectivity index (χ3v) is 5.25. The normalized spacial score (nSPS) is 12.0. The molecule has 3 heterocycles. The zero-order valence-corrected chi connectivity index (χ0v) is 14.3. The quantitative estimate of drug-likeness (QED) is 0.548. The third-order valence-electron chi connectivity index (χ3n) is 3.28. The molecular weight excluding hydrogens is 368 g/mol. The molecule has 0 saturated carbocycles. The highest BCUT2D eigenvalue weighted by Gasteiger charge is 2.21. The van der Waals surface area contributed by atoms with E-state index in [0.29, 0.717) is 22.5 Å². The smallest absolute Gasteiger partial charge is 0.243 e. The molecule has 0 aliphatic heterocycles. The van der Waals surface area contributed by atoms with Gasteiger partial charge in [-0.15, -0.1) is 0 Å². The van der Waals surface area contributed by atoms with Gasteiger partial charge in [-0.3, -0.25) is 0 Å². The summed E-state index contributed by atoms with van der Waals surface area (Å²) < 4.78 is 45.5. The van der Waals surface area contributed by atoms with Crippen molar-refractivity contribution >= 4 is 32.8 Å². The molecule has 25 heavy (non-hydrogen) atoms. The maximum Gasteiger partial charge on any atom is 0.243 e. The monoisotopic (exact) mass is 378 g/mol. The zero-order valence-electron chi connectivity index (χ0n) is 12.7. The fraction of sp³-hybridized carbons (Fsp3) is 0.154. The lowest BCUT2D eigenvalue weighted by atomic mass is 10.3. The van der Waals surface area contributed by atoms with E-state index in [1.54, 1.807) is 25.1 Å². The van der Waals surface area contributed by atoms with Crippen LogP contribution in [0.1, 0.15) is 11.7 Å². The maximum absolute atomic E-state index is 12.5. The number of aryl methyl sites for hydroxylation is 1. The minimum atomic E-state index is -3.81. The van der Waals surface area contributed by atoms with E-state index in [2.05, 4.69) is 28.8 Å². The molecule has 10 nitrogen and oxygen atoms in total. The summed E-state index contributed by atoms with van der Waals surface area (Å²) in [4.78, 5) is 4.14. The number of aromatic nitrogens is 5. The molecule has 12 heteroatoms. The van der Waals surface area contributed by atoms with Crippen LogP contribution in [0.2, 0.25) is 0 Å². The second-order valence-electron chi connectivity index (χ2n) is 5.05. The summed E-state index contributed by atoms with van der Waals surface area (Å²) in [6.07, 6.45) is 0. The summed E-state index contributed by atoms with van der Waals surface area (Å²) in [6.45, 7) is 1.57. The van der Waals surface area contributed by atoms with Gasteiger partial charge in [-0.1, -0.05) is 16.4 Å².